The van der Waals surface area contributed by atoms with Gasteiger partial charge in [-0.3, -0.25) is 14.9 Å². The van der Waals surface area contributed by atoms with Crippen molar-refractivity contribution in [3.05, 3.63) is 33.4 Å². The van der Waals surface area contributed by atoms with E-state index >= 15 is 0 Å². The van der Waals surface area contributed by atoms with Crippen LogP contribution in [0.4, 0.5) is 5.69 Å². The Balaban J connectivity index is 3.34. The molecule has 0 atom stereocenters. The van der Waals surface area contributed by atoms with Crippen LogP contribution in [0, 0.1) is 21.4 Å². The van der Waals surface area contributed by atoms with Crippen LogP contribution in [0.15, 0.2) is 17.7 Å². The van der Waals surface area contributed by atoms with E-state index in [0.717, 1.165) is 18.2 Å². The van der Waals surface area contributed by atoms with Gasteiger partial charge in [0.25, 0.3) is 5.91 Å². The lowest BCUT2D eigenvalue weighted by Gasteiger charge is -2.13. The Labute approximate surface area is 120 Å². The van der Waals surface area contributed by atoms with Gasteiger partial charge in [-0.2, -0.15) is 5.26 Å². The number of hydrogen-bond donors (Lipinski definition) is 2. The first kappa shape index (κ1) is 16.0. The molecule has 0 aliphatic rings. The van der Waals surface area contributed by atoms with E-state index < -0.39 is 28.0 Å². The lowest BCUT2D eigenvalue weighted by molar-refractivity contribution is -0.386. The van der Waals surface area contributed by atoms with Crippen LogP contribution in [0.3, 0.4) is 0 Å². The molecule has 1 amide bonds. The number of benzene rings is 1. The maximum Gasteiger partial charge on any atom is 0.315 e. The number of amides is 1. The lowest BCUT2D eigenvalue weighted by atomic mass is 10.1. The Morgan fingerprint density at radius 2 is 2.14 bits per heavy atom. The van der Waals surface area contributed by atoms with Crippen LogP contribution in [0.1, 0.15) is 12.5 Å². The number of aromatic hydroxyl groups is 2. The number of phenols is 2. The van der Waals surface area contributed by atoms with Crippen molar-refractivity contribution in [1.29, 1.82) is 5.26 Å². The van der Waals surface area contributed by atoms with Crippen LogP contribution in [0.25, 0.3) is 6.08 Å². The zero-order valence-electron chi connectivity index (χ0n) is 11.4. The summed E-state index contributed by atoms with van der Waals surface area (Å²) in [6.45, 7) is 2.11. The molecule has 0 bridgehead atoms. The van der Waals surface area contributed by atoms with Crippen molar-refractivity contribution < 1.29 is 19.9 Å². The molecule has 0 radical (unpaired) electrons. The molecule has 0 heterocycles. The Hall–Kier alpha value is -3.08. The van der Waals surface area contributed by atoms with E-state index in [0.29, 0.717) is 6.54 Å². The minimum Gasteiger partial charge on any atom is -0.504 e. The Morgan fingerprint density at radius 1 is 1.52 bits per heavy atom. The Kier molecular flexibility index (Phi) is 4.86. The molecule has 1 aromatic rings. The number of hydrogen-bond acceptors (Lipinski definition) is 6. The van der Waals surface area contributed by atoms with Crippen molar-refractivity contribution in [1.82, 2.24) is 4.90 Å². The van der Waals surface area contributed by atoms with E-state index in [1.54, 1.807) is 13.0 Å². The van der Waals surface area contributed by atoms with Gasteiger partial charge in [-0.15, -0.1) is 0 Å². The lowest BCUT2D eigenvalue weighted by Crippen LogP contribution is -2.27. The fourth-order valence-electron chi connectivity index (χ4n) is 1.51. The minimum atomic E-state index is -0.877. The molecular formula is C13H13N3O5. The van der Waals surface area contributed by atoms with Crippen LogP contribution in [0.2, 0.25) is 0 Å². The van der Waals surface area contributed by atoms with Crippen LogP contribution in [-0.2, 0) is 4.79 Å². The summed E-state index contributed by atoms with van der Waals surface area (Å²) >= 11 is 0. The van der Waals surface area contributed by atoms with Crippen LogP contribution in [0.5, 0.6) is 11.5 Å². The number of carbonyl (C=O) groups is 1. The number of nitrogens with zero attached hydrogens (tertiary/aromatic N) is 3. The van der Waals surface area contributed by atoms with Gasteiger partial charge < -0.3 is 15.1 Å². The van der Waals surface area contributed by atoms with Gasteiger partial charge >= 0.3 is 5.69 Å². The fourth-order valence-corrected chi connectivity index (χ4v) is 1.51. The molecule has 1 rings (SSSR count). The SMILES string of the molecule is CCN(C)C(=O)/C(C#N)=C/c1cc(O)c(O)c([N+](=O)[O-])c1. The molecule has 0 aliphatic heterocycles. The van der Waals surface area contributed by atoms with Gasteiger partial charge in [0.15, 0.2) is 5.75 Å². The molecule has 1 aromatic carbocycles. The van der Waals surface area contributed by atoms with Crippen LogP contribution < -0.4 is 0 Å². The van der Waals surface area contributed by atoms with E-state index in [-0.39, 0.29) is 11.1 Å². The van der Waals surface area contributed by atoms with E-state index in [2.05, 4.69) is 0 Å². The Bertz CT molecular complexity index is 661. The first-order valence-electron chi connectivity index (χ1n) is 5.89. The van der Waals surface area contributed by atoms with Crippen molar-refractivity contribution >= 4 is 17.7 Å². The zero-order chi connectivity index (χ0) is 16.2. The van der Waals surface area contributed by atoms with Gasteiger partial charge in [0.1, 0.15) is 11.6 Å². The van der Waals surface area contributed by atoms with Crippen LogP contribution in [-0.4, -0.2) is 39.5 Å². The van der Waals surface area contributed by atoms with Crippen molar-refractivity contribution in [3.63, 3.8) is 0 Å². The number of nitro groups is 1. The quantitative estimate of drug-likeness (QED) is 0.283. The van der Waals surface area contributed by atoms with Gasteiger partial charge in [0, 0.05) is 19.7 Å². The molecule has 0 saturated heterocycles. The molecule has 21 heavy (non-hydrogen) atoms. The van der Waals surface area contributed by atoms with Gasteiger partial charge in [0.05, 0.1) is 4.92 Å². The summed E-state index contributed by atoms with van der Waals surface area (Å²) in [6.07, 6.45) is 1.11. The standard InChI is InChI=1S/C13H13N3O5/c1-3-15(2)13(19)9(7-14)4-8-5-10(16(20)21)12(18)11(17)6-8/h4-6,17-18H,3H2,1-2H3/b9-4+. The summed E-state index contributed by atoms with van der Waals surface area (Å²) in [4.78, 5) is 23.0. The molecule has 8 heteroatoms. The normalized spacial score (nSPS) is 10.8. The summed E-state index contributed by atoms with van der Waals surface area (Å²) < 4.78 is 0. The third kappa shape index (κ3) is 3.48. The molecule has 8 nitrogen and oxygen atoms in total. The maximum absolute atomic E-state index is 11.9. The smallest absolute Gasteiger partial charge is 0.315 e. The highest BCUT2D eigenvalue weighted by atomic mass is 16.6. The highest BCUT2D eigenvalue weighted by Gasteiger charge is 2.19. The minimum absolute atomic E-state index is 0.0615. The number of phenolic OH excluding ortho intramolecular Hbond substituents is 2. The predicted molar refractivity (Wildman–Crippen MR) is 73.3 cm³/mol. The number of carbonyl (C=O) groups excluding carboxylic acids is 1. The van der Waals surface area contributed by atoms with E-state index in [4.69, 9.17) is 5.26 Å². The topological polar surface area (TPSA) is 128 Å². The van der Waals surface area contributed by atoms with Gasteiger partial charge in [0.2, 0.25) is 5.75 Å². The monoisotopic (exact) mass is 291 g/mol. The number of nitro benzene ring substituents is 1. The third-order valence-corrected chi connectivity index (χ3v) is 2.77. The molecule has 2 N–H and O–H groups in total. The Morgan fingerprint density at radius 3 is 2.62 bits per heavy atom. The molecule has 0 unspecified atom stereocenters. The molecular weight excluding hydrogens is 278 g/mol. The van der Waals surface area contributed by atoms with Gasteiger partial charge in [-0.05, 0) is 24.6 Å². The van der Waals surface area contributed by atoms with Crippen molar-refractivity contribution in [2.24, 2.45) is 0 Å². The largest absolute Gasteiger partial charge is 0.504 e. The third-order valence-electron chi connectivity index (χ3n) is 2.77. The second-order valence-corrected chi connectivity index (χ2v) is 4.15. The van der Waals surface area contributed by atoms with E-state index in [1.807, 2.05) is 0 Å². The first-order valence-corrected chi connectivity index (χ1v) is 5.89. The van der Waals surface area contributed by atoms with Crippen molar-refractivity contribution in [3.8, 4) is 17.6 Å². The van der Waals surface area contributed by atoms with Gasteiger partial charge in [-0.1, -0.05) is 0 Å². The van der Waals surface area contributed by atoms with Gasteiger partial charge in [-0.25, -0.2) is 0 Å². The molecule has 0 aromatic heterocycles. The van der Waals surface area contributed by atoms with E-state index in [9.17, 15) is 25.1 Å². The molecule has 0 fully saturated rings. The summed E-state index contributed by atoms with van der Waals surface area (Å²) in [7, 11) is 1.50. The number of nitriles is 1. The summed E-state index contributed by atoms with van der Waals surface area (Å²) in [5.41, 5.74) is -0.889. The second kappa shape index (κ2) is 6.38. The first-order chi connectivity index (χ1) is 9.81. The molecule has 0 spiro atoms. The van der Waals surface area contributed by atoms with Crippen molar-refractivity contribution in [2.75, 3.05) is 13.6 Å². The van der Waals surface area contributed by atoms with Crippen molar-refractivity contribution in [2.45, 2.75) is 6.92 Å². The second-order valence-electron chi connectivity index (χ2n) is 4.15. The molecule has 0 saturated carbocycles. The summed E-state index contributed by atoms with van der Waals surface area (Å²) in [5.74, 6) is -2.12. The van der Waals surface area contributed by atoms with E-state index in [1.165, 1.54) is 11.9 Å². The summed E-state index contributed by atoms with van der Waals surface area (Å²) in [5, 5.41) is 38.6. The highest BCUT2D eigenvalue weighted by Crippen LogP contribution is 2.36. The highest BCUT2D eigenvalue weighted by molar-refractivity contribution is 6.01. The summed E-state index contributed by atoms with van der Waals surface area (Å²) in [6, 6.07) is 3.69. The number of rotatable bonds is 4. The average Bonchev–Trinajstić information content (AvgIpc) is 2.46. The van der Waals surface area contributed by atoms with Crippen LogP contribution >= 0.6 is 0 Å². The fraction of sp³-hybridized carbons (Fsp3) is 0.231. The average molecular weight is 291 g/mol. The number of likely N-dealkylation sites (N-methyl/N-ethyl adjacent to an activating group) is 1. The predicted octanol–water partition coefficient (Wildman–Crippen LogP) is 1.39. The molecule has 0 aliphatic carbocycles. The molecule has 110 valence electrons. The zero-order valence-corrected chi connectivity index (χ0v) is 11.4. The maximum atomic E-state index is 11.9.